The molecule has 0 unspecified atom stereocenters. The average Bonchev–Trinajstić information content (AvgIpc) is 2.59. The van der Waals surface area contributed by atoms with Gasteiger partial charge in [-0.2, -0.15) is 0 Å². The SMILES string of the molecule is CCc1ccccc1P(c1ccccc1C)c1ccccc1C. The van der Waals surface area contributed by atoms with Crippen LogP contribution in [-0.4, -0.2) is 0 Å². The van der Waals surface area contributed by atoms with Crippen molar-refractivity contribution in [3.63, 3.8) is 0 Å². The zero-order valence-electron chi connectivity index (χ0n) is 14.1. The highest BCUT2D eigenvalue weighted by molar-refractivity contribution is 7.80. The summed E-state index contributed by atoms with van der Waals surface area (Å²) in [5.74, 6) is 0. The molecule has 0 amide bonds. The van der Waals surface area contributed by atoms with Crippen molar-refractivity contribution in [1.29, 1.82) is 0 Å². The Hall–Kier alpha value is -1.91. The molecule has 3 rings (SSSR count). The molecule has 0 aliphatic carbocycles. The van der Waals surface area contributed by atoms with Crippen LogP contribution in [0.15, 0.2) is 72.8 Å². The molecule has 0 spiro atoms. The third-order valence-electron chi connectivity index (χ3n) is 4.33. The van der Waals surface area contributed by atoms with Gasteiger partial charge in [-0.05, 0) is 60.8 Å². The fourth-order valence-corrected chi connectivity index (χ4v) is 5.90. The number of aryl methyl sites for hydroxylation is 3. The molecule has 0 aliphatic rings. The summed E-state index contributed by atoms with van der Waals surface area (Å²) in [5.41, 5.74) is 4.23. The van der Waals surface area contributed by atoms with E-state index in [4.69, 9.17) is 0 Å². The minimum atomic E-state index is -0.514. The Morgan fingerprint density at radius 1 is 0.609 bits per heavy atom. The maximum Gasteiger partial charge on any atom is -0.0119 e. The molecule has 0 nitrogen and oxygen atoms in total. The molecule has 0 aromatic heterocycles. The van der Waals surface area contributed by atoms with Crippen LogP contribution in [-0.2, 0) is 6.42 Å². The van der Waals surface area contributed by atoms with Crippen molar-refractivity contribution in [2.45, 2.75) is 27.2 Å². The van der Waals surface area contributed by atoms with Gasteiger partial charge in [0.05, 0.1) is 0 Å². The lowest BCUT2D eigenvalue weighted by molar-refractivity contribution is 1.15. The Balaban J connectivity index is 2.27. The fourth-order valence-electron chi connectivity index (χ4n) is 3.05. The van der Waals surface area contributed by atoms with Crippen molar-refractivity contribution in [3.05, 3.63) is 89.5 Å². The van der Waals surface area contributed by atoms with E-state index in [0.29, 0.717) is 0 Å². The van der Waals surface area contributed by atoms with Gasteiger partial charge in [-0.25, -0.2) is 0 Å². The van der Waals surface area contributed by atoms with Gasteiger partial charge in [0, 0.05) is 0 Å². The van der Waals surface area contributed by atoms with E-state index in [-0.39, 0.29) is 0 Å². The summed E-state index contributed by atoms with van der Waals surface area (Å²) in [4.78, 5) is 0. The molecule has 0 aliphatic heterocycles. The molecule has 0 heterocycles. The van der Waals surface area contributed by atoms with E-state index >= 15 is 0 Å². The maximum absolute atomic E-state index is 2.32. The first-order valence-electron chi connectivity index (χ1n) is 8.21. The molecule has 0 saturated carbocycles. The summed E-state index contributed by atoms with van der Waals surface area (Å²) in [6.45, 7) is 6.72. The first-order chi connectivity index (χ1) is 11.2. The summed E-state index contributed by atoms with van der Waals surface area (Å²) in [6.07, 6.45) is 1.08. The molecule has 0 N–H and O–H groups in total. The standard InChI is InChI=1S/C22H23P/c1-4-19-13-7-10-16-22(19)23(20-14-8-5-11-17(20)2)21-15-9-6-12-18(21)3/h5-16H,4H2,1-3H3. The van der Waals surface area contributed by atoms with E-state index in [9.17, 15) is 0 Å². The third kappa shape index (κ3) is 3.23. The molecule has 0 saturated heterocycles. The smallest absolute Gasteiger partial charge is 0.0119 e. The second kappa shape index (κ2) is 7.11. The molecule has 23 heavy (non-hydrogen) atoms. The van der Waals surface area contributed by atoms with Gasteiger partial charge in [-0.15, -0.1) is 0 Å². The predicted octanol–water partition coefficient (Wildman–Crippen LogP) is 4.62. The fraction of sp³-hybridized carbons (Fsp3) is 0.182. The summed E-state index contributed by atoms with van der Waals surface area (Å²) in [5, 5.41) is 4.43. The molecule has 0 bridgehead atoms. The average molecular weight is 318 g/mol. The number of benzene rings is 3. The van der Waals surface area contributed by atoms with Crippen molar-refractivity contribution >= 4 is 23.8 Å². The first-order valence-corrected chi connectivity index (χ1v) is 9.56. The van der Waals surface area contributed by atoms with Crippen LogP contribution in [0, 0.1) is 13.8 Å². The van der Waals surface area contributed by atoms with Gasteiger partial charge >= 0.3 is 0 Å². The molecule has 0 fully saturated rings. The van der Waals surface area contributed by atoms with Gasteiger partial charge in [0.25, 0.3) is 0 Å². The van der Waals surface area contributed by atoms with Crippen LogP contribution in [0.1, 0.15) is 23.6 Å². The van der Waals surface area contributed by atoms with Crippen LogP contribution in [0.25, 0.3) is 0 Å². The highest BCUT2D eigenvalue weighted by Gasteiger charge is 2.21. The Morgan fingerprint density at radius 3 is 1.52 bits per heavy atom. The molecule has 3 aromatic rings. The molecule has 0 radical (unpaired) electrons. The second-order valence-electron chi connectivity index (χ2n) is 5.89. The van der Waals surface area contributed by atoms with E-state index in [2.05, 4.69) is 93.6 Å². The summed E-state index contributed by atoms with van der Waals surface area (Å²) >= 11 is 0. The lowest BCUT2D eigenvalue weighted by Crippen LogP contribution is -2.26. The Labute approximate surface area is 141 Å². The van der Waals surface area contributed by atoms with Crippen molar-refractivity contribution < 1.29 is 0 Å². The van der Waals surface area contributed by atoms with Gasteiger partial charge in [0.15, 0.2) is 0 Å². The minimum Gasteiger partial charge on any atom is -0.0620 e. The van der Waals surface area contributed by atoms with Gasteiger partial charge in [-0.1, -0.05) is 79.7 Å². The largest absolute Gasteiger partial charge is 0.0620 e. The summed E-state index contributed by atoms with van der Waals surface area (Å²) < 4.78 is 0. The highest BCUT2D eigenvalue weighted by atomic mass is 31.1. The molecule has 1 heteroatoms. The van der Waals surface area contributed by atoms with Crippen molar-refractivity contribution in [2.75, 3.05) is 0 Å². The van der Waals surface area contributed by atoms with E-state index in [0.717, 1.165) is 6.42 Å². The van der Waals surface area contributed by atoms with Crippen LogP contribution in [0.4, 0.5) is 0 Å². The quantitative estimate of drug-likeness (QED) is 0.616. The summed E-state index contributed by atoms with van der Waals surface area (Å²) in [7, 11) is -0.514. The lowest BCUT2D eigenvalue weighted by atomic mass is 10.2. The predicted molar refractivity (Wildman–Crippen MR) is 104 cm³/mol. The Morgan fingerprint density at radius 2 is 1.04 bits per heavy atom. The monoisotopic (exact) mass is 318 g/mol. The second-order valence-corrected chi connectivity index (χ2v) is 8.01. The van der Waals surface area contributed by atoms with Crippen LogP contribution >= 0.6 is 7.92 Å². The van der Waals surface area contributed by atoms with Gasteiger partial charge < -0.3 is 0 Å². The van der Waals surface area contributed by atoms with Crippen LogP contribution in [0.3, 0.4) is 0 Å². The van der Waals surface area contributed by atoms with Gasteiger partial charge in [0.2, 0.25) is 0 Å². The topological polar surface area (TPSA) is 0 Å². The first kappa shape index (κ1) is 16.0. The van der Waals surface area contributed by atoms with Crippen LogP contribution in [0.5, 0.6) is 0 Å². The Kier molecular flexibility index (Phi) is 4.94. The number of hydrogen-bond acceptors (Lipinski definition) is 0. The van der Waals surface area contributed by atoms with E-state index in [1.807, 2.05) is 0 Å². The molecular formula is C22H23P. The lowest BCUT2D eigenvalue weighted by Gasteiger charge is -2.25. The van der Waals surface area contributed by atoms with Crippen LogP contribution < -0.4 is 15.9 Å². The van der Waals surface area contributed by atoms with E-state index in [1.165, 1.54) is 32.6 Å². The van der Waals surface area contributed by atoms with Crippen LogP contribution in [0.2, 0.25) is 0 Å². The molecule has 116 valence electrons. The molecular weight excluding hydrogens is 295 g/mol. The van der Waals surface area contributed by atoms with E-state index < -0.39 is 7.92 Å². The van der Waals surface area contributed by atoms with Crippen molar-refractivity contribution in [1.82, 2.24) is 0 Å². The van der Waals surface area contributed by atoms with E-state index in [1.54, 1.807) is 0 Å². The maximum atomic E-state index is 2.32. The Bertz CT molecular complexity index is 759. The van der Waals surface area contributed by atoms with Gasteiger partial charge in [-0.3, -0.25) is 0 Å². The minimum absolute atomic E-state index is 0.514. The van der Waals surface area contributed by atoms with Crippen molar-refractivity contribution in [2.24, 2.45) is 0 Å². The molecule has 0 atom stereocenters. The number of rotatable bonds is 4. The zero-order chi connectivity index (χ0) is 16.2. The van der Waals surface area contributed by atoms with Gasteiger partial charge in [0.1, 0.15) is 0 Å². The zero-order valence-corrected chi connectivity index (χ0v) is 15.0. The molecule has 3 aromatic carbocycles. The van der Waals surface area contributed by atoms with Crippen molar-refractivity contribution in [3.8, 4) is 0 Å². The normalized spacial score (nSPS) is 11.0. The number of hydrogen-bond donors (Lipinski definition) is 0. The third-order valence-corrected chi connectivity index (χ3v) is 7.21. The summed E-state index contributed by atoms with van der Waals surface area (Å²) in [6, 6.07) is 26.6. The highest BCUT2D eigenvalue weighted by Crippen LogP contribution is 2.36.